The average Bonchev–Trinajstić information content (AvgIpc) is 2.16. The number of benzene rings is 1. The first-order chi connectivity index (χ1) is 7.38. The molecule has 0 aliphatic heterocycles. The van der Waals surface area contributed by atoms with E-state index in [9.17, 15) is 0 Å². The van der Waals surface area contributed by atoms with Crippen LogP contribution in [0.1, 0.15) is 43.4 Å². The SMILES string of the molecule is CC(=O)O.Cc1ccc(C(C)C)c(C#N)c1. The number of hydrogen-bond acceptors (Lipinski definition) is 2. The molecule has 0 unspecified atom stereocenters. The highest BCUT2D eigenvalue weighted by Crippen LogP contribution is 2.19. The number of carboxylic acids is 1. The second-order valence-electron chi connectivity index (χ2n) is 3.88. The molecule has 1 aromatic rings. The van der Waals surface area contributed by atoms with Crippen LogP contribution >= 0.6 is 0 Å². The van der Waals surface area contributed by atoms with Gasteiger partial charge in [-0.05, 0) is 30.0 Å². The van der Waals surface area contributed by atoms with Crippen molar-refractivity contribution in [2.75, 3.05) is 0 Å². The fourth-order valence-electron chi connectivity index (χ4n) is 1.27. The molecule has 0 bridgehead atoms. The molecule has 1 aromatic carbocycles. The van der Waals surface area contributed by atoms with Gasteiger partial charge in [0, 0.05) is 6.92 Å². The van der Waals surface area contributed by atoms with Crippen LogP contribution in [0, 0.1) is 18.3 Å². The summed E-state index contributed by atoms with van der Waals surface area (Å²) in [5.41, 5.74) is 3.10. The van der Waals surface area contributed by atoms with E-state index in [1.807, 2.05) is 19.1 Å². The van der Waals surface area contributed by atoms with Crippen LogP contribution in [0.2, 0.25) is 0 Å². The number of aryl methyl sites for hydroxylation is 1. The third-order valence-corrected chi connectivity index (χ3v) is 1.95. The second-order valence-corrected chi connectivity index (χ2v) is 3.88. The number of aliphatic carboxylic acids is 1. The molecule has 3 nitrogen and oxygen atoms in total. The van der Waals surface area contributed by atoms with E-state index in [0.717, 1.165) is 23.6 Å². The summed E-state index contributed by atoms with van der Waals surface area (Å²) in [7, 11) is 0. The number of nitriles is 1. The summed E-state index contributed by atoms with van der Waals surface area (Å²) < 4.78 is 0. The number of nitrogens with zero attached hydrogens (tertiary/aromatic N) is 1. The van der Waals surface area contributed by atoms with Crippen LogP contribution in [0.3, 0.4) is 0 Å². The summed E-state index contributed by atoms with van der Waals surface area (Å²) >= 11 is 0. The molecule has 0 saturated heterocycles. The summed E-state index contributed by atoms with van der Waals surface area (Å²) in [6, 6.07) is 8.25. The van der Waals surface area contributed by atoms with Gasteiger partial charge in [-0.15, -0.1) is 0 Å². The lowest BCUT2D eigenvalue weighted by molar-refractivity contribution is -0.134. The van der Waals surface area contributed by atoms with Gasteiger partial charge in [-0.1, -0.05) is 26.0 Å². The summed E-state index contributed by atoms with van der Waals surface area (Å²) in [5.74, 6) is -0.403. The van der Waals surface area contributed by atoms with Gasteiger partial charge in [0.1, 0.15) is 0 Å². The Bertz CT molecular complexity index is 399. The third-order valence-electron chi connectivity index (χ3n) is 1.95. The minimum atomic E-state index is -0.833. The Balaban J connectivity index is 0.000000487. The number of carbonyl (C=O) groups is 1. The predicted molar refractivity (Wildman–Crippen MR) is 63.3 cm³/mol. The van der Waals surface area contributed by atoms with Gasteiger partial charge in [-0.3, -0.25) is 4.79 Å². The third kappa shape index (κ3) is 5.16. The second kappa shape index (κ2) is 6.62. The smallest absolute Gasteiger partial charge is 0.300 e. The van der Waals surface area contributed by atoms with E-state index in [1.165, 1.54) is 0 Å². The maximum absolute atomic E-state index is 9.00. The number of carboxylic acid groups (broad SMARTS) is 1. The highest BCUT2D eigenvalue weighted by Gasteiger charge is 2.04. The Hall–Kier alpha value is -1.82. The quantitative estimate of drug-likeness (QED) is 0.789. The van der Waals surface area contributed by atoms with E-state index in [0.29, 0.717) is 5.92 Å². The van der Waals surface area contributed by atoms with Crippen LogP contribution in [0.5, 0.6) is 0 Å². The Labute approximate surface area is 96.3 Å². The van der Waals surface area contributed by atoms with Crippen LogP contribution in [0.4, 0.5) is 0 Å². The fraction of sp³-hybridized carbons (Fsp3) is 0.385. The monoisotopic (exact) mass is 219 g/mol. The first kappa shape index (κ1) is 14.2. The molecule has 16 heavy (non-hydrogen) atoms. The minimum Gasteiger partial charge on any atom is -0.481 e. The van der Waals surface area contributed by atoms with Crippen LogP contribution in [-0.2, 0) is 4.79 Å². The van der Waals surface area contributed by atoms with Gasteiger partial charge in [0.15, 0.2) is 0 Å². The van der Waals surface area contributed by atoms with Crippen molar-refractivity contribution >= 4 is 5.97 Å². The summed E-state index contributed by atoms with van der Waals surface area (Å²) in [5, 5.41) is 16.3. The Kier molecular flexibility index (Phi) is 5.87. The fourth-order valence-corrected chi connectivity index (χ4v) is 1.27. The number of rotatable bonds is 1. The molecule has 0 aliphatic carbocycles. The molecule has 1 rings (SSSR count). The average molecular weight is 219 g/mol. The highest BCUT2D eigenvalue weighted by molar-refractivity contribution is 5.62. The van der Waals surface area contributed by atoms with Crippen LogP contribution in [0.15, 0.2) is 18.2 Å². The van der Waals surface area contributed by atoms with Crippen molar-refractivity contribution in [1.29, 1.82) is 5.26 Å². The van der Waals surface area contributed by atoms with Crippen molar-refractivity contribution < 1.29 is 9.90 Å². The minimum absolute atomic E-state index is 0.431. The van der Waals surface area contributed by atoms with E-state index < -0.39 is 5.97 Å². The zero-order chi connectivity index (χ0) is 12.7. The molecule has 0 saturated carbocycles. The zero-order valence-corrected chi connectivity index (χ0v) is 10.1. The van der Waals surface area contributed by atoms with E-state index >= 15 is 0 Å². The molecule has 0 heterocycles. The topological polar surface area (TPSA) is 61.1 Å². The molecule has 0 fully saturated rings. The summed E-state index contributed by atoms with van der Waals surface area (Å²) in [6.07, 6.45) is 0. The molecule has 0 amide bonds. The molecule has 0 aliphatic rings. The van der Waals surface area contributed by atoms with E-state index in [-0.39, 0.29) is 0 Å². The maximum Gasteiger partial charge on any atom is 0.300 e. The van der Waals surface area contributed by atoms with Crippen molar-refractivity contribution in [3.05, 3.63) is 34.9 Å². The Morgan fingerprint density at radius 2 is 1.94 bits per heavy atom. The molecule has 0 atom stereocenters. The standard InChI is InChI=1S/C11H13N.C2H4O2/c1-8(2)11-5-4-9(3)6-10(11)7-12;1-2(3)4/h4-6,8H,1-3H3;1H3,(H,3,4). The molecule has 86 valence electrons. The van der Waals surface area contributed by atoms with Gasteiger partial charge in [0.05, 0.1) is 11.6 Å². The lowest BCUT2D eigenvalue weighted by atomic mass is 9.96. The largest absolute Gasteiger partial charge is 0.481 e. The van der Waals surface area contributed by atoms with E-state index in [4.69, 9.17) is 15.2 Å². The van der Waals surface area contributed by atoms with Gasteiger partial charge < -0.3 is 5.11 Å². The van der Waals surface area contributed by atoms with Gasteiger partial charge in [0.2, 0.25) is 0 Å². The number of hydrogen-bond donors (Lipinski definition) is 1. The normalized spacial score (nSPS) is 9.00. The van der Waals surface area contributed by atoms with E-state index in [2.05, 4.69) is 26.0 Å². The van der Waals surface area contributed by atoms with Crippen molar-refractivity contribution in [2.24, 2.45) is 0 Å². The van der Waals surface area contributed by atoms with Crippen molar-refractivity contribution in [2.45, 2.75) is 33.6 Å². The van der Waals surface area contributed by atoms with Crippen molar-refractivity contribution in [3.8, 4) is 6.07 Å². The Morgan fingerprint density at radius 3 is 2.31 bits per heavy atom. The molecule has 0 spiro atoms. The zero-order valence-electron chi connectivity index (χ0n) is 10.1. The lowest BCUT2D eigenvalue weighted by Gasteiger charge is -2.07. The van der Waals surface area contributed by atoms with Crippen LogP contribution in [0.25, 0.3) is 0 Å². The molecule has 1 N–H and O–H groups in total. The van der Waals surface area contributed by atoms with Gasteiger partial charge in [-0.2, -0.15) is 5.26 Å². The van der Waals surface area contributed by atoms with Crippen molar-refractivity contribution in [3.63, 3.8) is 0 Å². The van der Waals surface area contributed by atoms with Gasteiger partial charge in [0.25, 0.3) is 5.97 Å². The first-order valence-electron chi connectivity index (χ1n) is 5.08. The van der Waals surface area contributed by atoms with Crippen LogP contribution in [-0.4, -0.2) is 11.1 Å². The molecular formula is C13H17NO2. The Morgan fingerprint density at radius 1 is 1.44 bits per heavy atom. The van der Waals surface area contributed by atoms with Crippen molar-refractivity contribution in [1.82, 2.24) is 0 Å². The molecular weight excluding hydrogens is 202 g/mol. The predicted octanol–water partition coefficient (Wildman–Crippen LogP) is 3.08. The lowest BCUT2D eigenvalue weighted by Crippen LogP contribution is -1.92. The summed E-state index contributed by atoms with van der Waals surface area (Å²) in [6.45, 7) is 7.29. The molecule has 3 heteroatoms. The summed E-state index contributed by atoms with van der Waals surface area (Å²) in [4.78, 5) is 9.00. The van der Waals surface area contributed by atoms with Gasteiger partial charge >= 0.3 is 0 Å². The molecule has 0 aromatic heterocycles. The van der Waals surface area contributed by atoms with Crippen LogP contribution < -0.4 is 0 Å². The van der Waals surface area contributed by atoms with Gasteiger partial charge in [-0.25, -0.2) is 0 Å². The molecule has 0 radical (unpaired) electrons. The first-order valence-corrected chi connectivity index (χ1v) is 5.08. The highest BCUT2D eigenvalue weighted by atomic mass is 16.4. The maximum atomic E-state index is 9.00. The van der Waals surface area contributed by atoms with E-state index in [1.54, 1.807) is 0 Å².